The first-order valence-corrected chi connectivity index (χ1v) is 9.95. The summed E-state index contributed by atoms with van der Waals surface area (Å²) in [5.74, 6) is 0.827. The highest BCUT2D eigenvalue weighted by Gasteiger charge is 2.35. The van der Waals surface area contributed by atoms with Gasteiger partial charge in [-0.1, -0.05) is 12.1 Å². The number of piperidine rings is 1. The Labute approximate surface area is 165 Å². The number of likely N-dealkylation sites (tertiary alicyclic amines) is 1. The van der Waals surface area contributed by atoms with Crippen LogP contribution in [0.4, 0.5) is 0 Å². The van der Waals surface area contributed by atoms with E-state index in [1.54, 1.807) is 7.11 Å². The van der Waals surface area contributed by atoms with E-state index in [4.69, 9.17) is 4.74 Å². The molecule has 1 aliphatic carbocycles. The normalized spacial score (nSPS) is 18.3. The molecule has 1 aliphatic heterocycles. The minimum absolute atomic E-state index is 0.0304. The molecule has 2 fully saturated rings. The highest BCUT2D eigenvalue weighted by atomic mass is 16.5. The highest BCUT2D eigenvalue weighted by molar-refractivity contribution is 5.87. The zero-order valence-electron chi connectivity index (χ0n) is 16.6. The van der Waals surface area contributed by atoms with Crippen molar-refractivity contribution in [2.45, 2.75) is 51.1 Å². The Hall–Kier alpha value is -2.57. The van der Waals surface area contributed by atoms with Gasteiger partial charge in [-0.2, -0.15) is 0 Å². The number of hydrogen-bond acceptors (Lipinski definition) is 4. The van der Waals surface area contributed by atoms with Crippen molar-refractivity contribution in [2.75, 3.05) is 20.2 Å². The summed E-state index contributed by atoms with van der Waals surface area (Å²) in [4.78, 5) is 38.4. The molecule has 1 atom stereocenters. The van der Waals surface area contributed by atoms with E-state index < -0.39 is 6.04 Å². The molecule has 1 heterocycles. The molecule has 1 aromatic rings. The molecule has 0 aromatic heterocycles. The maximum absolute atomic E-state index is 12.8. The maximum atomic E-state index is 12.8. The molecule has 0 radical (unpaired) electrons. The van der Waals surface area contributed by atoms with E-state index in [9.17, 15) is 14.4 Å². The molecule has 7 nitrogen and oxygen atoms in total. The zero-order chi connectivity index (χ0) is 20.1. The summed E-state index contributed by atoms with van der Waals surface area (Å²) in [6.07, 6.45) is 3.94. The number of nitrogens with one attached hydrogen (secondary N) is 2. The molecule has 28 heavy (non-hydrogen) atoms. The van der Waals surface area contributed by atoms with Crippen molar-refractivity contribution in [3.63, 3.8) is 0 Å². The van der Waals surface area contributed by atoms with Crippen LogP contribution in [0, 0.1) is 5.92 Å². The maximum Gasteiger partial charge on any atom is 0.243 e. The van der Waals surface area contributed by atoms with Crippen LogP contribution in [-0.4, -0.2) is 54.9 Å². The van der Waals surface area contributed by atoms with Gasteiger partial charge < -0.3 is 20.3 Å². The van der Waals surface area contributed by atoms with Crippen LogP contribution in [0.3, 0.4) is 0 Å². The monoisotopic (exact) mass is 387 g/mol. The molecule has 1 aromatic carbocycles. The van der Waals surface area contributed by atoms with Crippen molar-refractivity contribution in [3.05, 3.63) is 29.8 Å². The lowest BCUT2D eigenvalue weighted by atomic mass is 10.0. The zero-order valence-corrected chi connectivity index (χ0v) is 16.6. The lowest BCUT2D eigenvalue weighted by molar-refractivity contribution is -0.134. The van der Waals surface area contributed by atoms with Gasteiger partial charge in [-0.05, 0) is 43.4 Å². The minimum atomic E-state index is -0.628. The van der Waals surface area contributed by atoms with E-state index in [0.29, 0.717) is 19.5 Å². The molecule has 0 unspecified atom stereocenters. The van der Waals surface area contributed by atoms with Crippen molar-refractivity contribution < 1.29 is 19.1 Å². The van der Waals surface area contributed by atoms with Crippen molar-refractivity contribution in [3.8, 4) is 5.75 Å². The summed E-state index contributed by atoms with van der Waals surface area (Å²) in [6.45, 7) is 2.78. The van der Waals surface area contributed by atoms with Crippen LogP contribution in [-0.2, 0) is 20.8 Å². The van der Waals surface area contributed by atoms with Crippen LogP contribution in [0.1, 0.15) is 38.2 Å². The fraction of sp³-hybridized carbons (Fsp3) is 0.571. The number of rotatable bonds is 7. The predicted molar refractivity (Wildman–Crippen MR) is 105 cm³/mol. The summed E-state index contributed by atoms with van der Waals surface area (Å²) in [5.41, 5.74) is 0.944. The van der Waals surface area contributed by atoms with Gasteiger partial charge in [0, 0.05) is 38.4 Å². The number of carbonyl (C=O) groups is 3. The summed E-state index contributed by atoms with van der Waals surface area (Å²) < 4.78 is 5.15. The summed E-state index contributed by atoms with van der Waals surface area (Å²) in [5, 5.41) is 5.80. The molecular formula is C21H29N3O4. The quantitative estimate of drug-likeness (QED) is 0.737. The van der Waals surface area contributed by atoms with Crippen LogP contribution in [0.2, 0.25) is 0 Å². The van der Waals surface area contributed by atoms with E-state index in [0.717, 1.165) is 37.0 Å². The average Bonchev–Trinajstić information content (AvgIpc) is 3.53. The van der Waals surface area contributed by atoms with Crippen LogP contribution in [0.5, 0.6) is 5.75 Å². The molecule has 2 aliphatic rings. The SMILES string of the molecule is COc1ccc(C[C@@H](NC(C)=O)C(=O)NC2CCN(C(=O)C3CC3)CC2)cc1. The van der Waals surface area contributed by atoms with E-state index in [1.807, 2.05) is 29.2 Å². The van der Waals surface area contributed by atoms with Gasteiger partial charge in [0.1, 0.15) is 11.8 Å². The minimum Gasteiger partial charge on any atom is -0.497 e. The van der Waals surface area contributed by atoms with E-state index >= 15 is 0 Å². The fourth-order valence-electron chi connectivity index (χ4n) is 3.59. The Kier molecular flexibility index (Phi) is 6.54. The van der Waals surface area contributed by atoms with Crippen molar-refractivity contribution >= 4 is 17.7 Å². The van der Waals surface area contributed by atoms with Crippen LogP contribution in [0.15, 0.2) is 24.3 Å². The predicted octanol–water partition coefficient (Wildman–Crippen LogP) is 1.26. The van der Waals surface area contributed by atoms with Gasteiger partial charge in [0.15, 0.2) is 0 Å². The highest BCUT2D eigenvalue weighted by Crippen LogP contribution is 2.31. The third-order valence-corrected chi connectivity index (χ3v) is 5.37. The van der Waals surface area contributed by atoms with E-state index in [1.165, 1.54) is 6.92 Å². The van der Waals surface area contributed by atoms with Crippen LogP contribution >= 0.6 is 0 Å². The van der Waals surface area contributed by atoms with Crippen LogP contribution in [0.25, 0.3) is 0 Å². The lowest BCUT2D eigenvalue weighted by Crippen LogP contribution is -2.53. The smallest absolute Gasteiger partial charge is 0.243 e. The number of amides is 3. The molecule has 2 N–H and O–H groups in total. The van der Waals surface area contributed by atoms with Gasteiger partial charge in [-0.3, -0.25) is 14.4 Å². The van der Waals surface area contributed by atoms with Gasteiger partial charge in [0.05, 0.1) is 7.11 Å². The Morgan fingerprint density at radius 1 is 1.11 bits per heavy atom. The molecule has 1 saturated carbocycles. The Morgan fingerprint density at radius 2 is 1.75 bits per heavy atom. The molecule has 152 valence electrons. The van der Waals surface area contributed by atoms with Gasteiger partial charge >= 0.3 is 0 Å². The second-order valence-corrected chi connectivity index (χ2v) is 7.69. The summed E-state index contributed by atoms with van der Waals surface area (Å²) in [6, 6.07) is 6.86. The number of carbonyl (C=O) groups excluding carboxylic acids is 3. The van der Waals surface area contributed by atoms with Gasteiger partial charge in [-0.25, -0.2) is 0 Å². The lowest BCUT2D eigenvalue weighted by Gasteiger charge is -2.33. The number of methoxy groups -OCH3 is 1. The first-order valence-electron chi connectivity index (χ1n) is 9.95. The summed E-state index contributed by atoms with van der Waals surface area (Å²) in [7, 11) is 1.60. The van der Waals surface area contributed by atoms with E-state index in [2.05, 4.69) is 10.6 Å². The third kappa shape index (κ3) is 5.47. The van der Waals surface area contributed by atoms with Crippen molar-refractivity contribution in [2.24, 2.45) is 5.92 Å². The Bertz CT molecular complexity index is 707. The van der Waals surface area contributed by atoms with Gasteiger partial charge in [0.25, 0.3) is 0 Å². The molecule has 0 bridgehead atoms. The van der Waals surface area contributed by atoms with Crippen molar-refractivity contribution in [1.29, 1.82) is 0 Å². The molecule has 1 saturated heterocycles. The van der Waals surface area contributed by atoms with Gasteiger partial charge in [0.2, 0.25) is 17.7 Å². The van der Waals surface area contributed by atoms with Crippen molar-refractivity contribution in [1.82, 2.24) is 15.5 Å². The standard InChI is InChI=1S/C21H29N3O4/c1-14(25)22-19(13-15-3-7-18(28-2)8-4-15)20(26)23-17-9-11-24(12-10-17)21(27)16-5-6-16/h3-4,7-8,16-17,19H,5-6,9-13H2,1-2H3,(H,22,25)(H,23,26)/t19-/m1/s1. The molecular weight excluding hydrogens is 358 g/mol. The third-order valence-electron chi connectivity index (χ3n) is 5.37. The van der Waals surface area contributed by atoms with E-state index in [-0.39, 0.29) is 29.7 Å². The number of ether oxygens (including phenoxy) is 1. The first kappa shape index (κ1) is 20.2. The Morgan fingerprint density at radius 3 is 2.29 bits per heavy atom. The second kappa shape index (κ2) is 9.08. The molecule has 3 rings (SSSR count). The first-order chi connectivity index (χ1) is 13.5. The largest absolute Gasteiger partial charge is 0.497 e. The molecule has 3 amide bonds. The fourth-order valence-corrected chi connectivity index (χ4v) is 3.59. The van der Waals surface area contributed by atoms with Gasteiger partial charge in [-0.15, -0.1) is 0 Å². The second-order valence-electron chi connectivity index (χ2n) is 7.69. The molecule has 7 heteroatoms. The topological polar surface area (TPSA) is 87.7 Å². The average molecular weight is 387 g/mol. The summed E-state index contributed by atoms with van der Waals surface area (Å²) >= 11 is 0. The number of nitrogens with zero attached hydrogens (tertiary/aromatic N) is 1. The molecule has 0 spiro atoms. The number of hydrogen-bond donors (Lipinski definition) is 2. The number of benzene rings is 1. The Balaban J connectivity index is 1.53. The van der Waals surface area contributed by atoms with Crippen LogP contribution < -0.4 is 15.4 Å².